The Bertz CT molecular complexity index is 551. The molecule has 1 saturated heterocycles. The Hall–Kier alpha value is -1.19. The normalized spacial score (nSPS) is 19.6. The molecule has 0 saturated carbocycles. The van der Waals surface area contributed by atoms with E-state index in [2.05, 4.69) is 43.4 Å². The Morgan fingerprint density at radius 1 is 1.21 bits per heavy atom. The largest absolute Gasteiger partial charge is 0.316 e. The second-order valence-electron chi connectivity index (χ2n) is 5.37. The number of benzene rings is 1. The smallest absolute Gasteiger partial charge is 0.0978 e. The number of thiazole rings is 1. The quantitative estimate of drug-likeness (QED) is 0.897. The number of piperidine rings is 1. The van der Waals surface area contributed by atoms with Crippen LogP contribution in [0, 0.1) is 13.8 Å². The molecule has 1 atom stereocenters. The number of aromatic nitrogens is 1. The maximum Gasteiger partial charge on any atom is 0.0978 e. The molecule has 0 bridgehead atoms. The Morgan fingerprint density at radius 2 is 2.00 bits per heavy atom. The molecule has 0 spiro atoms. The zero-order valence-corrected chi connectivity index (χ0v) is 12.4. The lowest BCUT2D eigenvalue weighted by Crippen LogP contribution is -2.28. The first kappa shape index (κ1) is 12.8. The first-order valence-electron chi connectivity index (χ1n) is 6.99. The minimum Gasteiger partial charge on any atom is -0.316 e. The van der Waals surface area contributed by atoms with Gasteiger partial charge in [-0.15, -0.1) is 11.3 Å². The van der Waals surface area contributed by atoms with Crippen LogP contribution in [0.3, 0.4) is 0 Å². The van der Waals surface area contributed by atoms with Crippen LogP contribution in [0.5, 0.6) is 0 Å². The van der Waals surface area contributed by atoms with E-state index in [0.717, 1.165) is 13.1 Å². The maximum atomic E-state index is 4.91. The van der Waals surface area contributed by atoms with Crippen LogP contribution in [0.15, 0.2) is 24.3 Å². The molecule has 2 nitrogen and oxygen atoms in total. The van der Waals surface area contributed by atoms with Gasteiger partial charge in [0, 0.05) is 22.9 Å². The molecule has 100 valence electrons. The highest BCUT2D eigenvalue weighted by atomic mass is 32.1. The summed E-state index contributed by atoms with van der Waals surface area (Å²) in [6, 6.07) is 8.69. The van der Waals surface area contributed by atoms with Gasteiger partial charge in [-0.2, -0.15) is 0 Å². The van der Waals surface area contributed by atoms with Gasteiger partial charge in [-0.05, 0) is 33.2 Å². The molecular weight excluding hydrogens is 252 g/mol. The number of nitrogens with zero attached hydrogens (tertiary/aromatic N) is 1. The summed E-state index contributed by atoms with van der Waals surface area (Å²) in [7, 11) is 0. The second kappa shape index (κ2) is 5.43. The van der Waals surface area contributed by atoms with Crippen LogP contribution in [-0.2, 0) is 0 Å². The molecule has 1 aliphatic heterocycles. The Morgan fingerprint density at radius 3 is 2.68 bits per heavy atom. The fourth-order valence-electron chi connectivity index (χ4n) is 2.63. The van der Waals surface area contributed by atoms with Crippen molar-refractivity contribution in [2.24, 2.45) is 0 Å². The van der Waals surface area contributed by atoms with Gasteiger partial charge < -0.3 is 5.32 Å². The van der Waals surface area contributed by atoms with E-state index in [-0.39, 0.29) is 0 Å². The molecular formula is C16H20N2S. The molecule has 1 aromatic carbocycles. The Balaban J connectivity index is 1.90. The molecule has 0 amide bonds. The summed E-state index contributed by atoms with van der Waals surface area (Å²) in [6.45, 7) is 6.55. The van der Waals surface area contributed by atoms with Crippen molar-refractivity contribution in [2.45, 2.75) is 32.6 Å². The van der Waals surface area contributed by atoms with E-state index in [0.29, 0.717) is 5.92 Å². The molecule has 0 radical (unpaired) electrons. The third-order valence-electron chi connectivity index (χ3n) is 3.78. The molecule has 0 aliphatic carbocycles. The van der Waals surface area contributed by atoms with E-state index in [1.165, 1.54) is 39.5 Å². The first-order valence-corrected chi connectivity index (χ1v) is 7.81. The van der Waals surface area contributed by atoms with Crippen LogP contribution in [0.1, 0.15) is 34.2 Å². The lowest BCUT2D eigenvalue weighted by molar-refractivity contribution is 0.460. The van der Waals surface area contributed by atoms with Gasteiger partial charge in [0.05, 0.1) is 10.7 Å². The van der Waals surface area contributed by atoms with Gasteiger partial charge in [-0.3, -0.25) is 0 Å². The molecule has 1 aromatic heterocycles. The van der Waals surface area contributed by atoms with E-state index in [1.807, 2.05) is 11.3 Å². The molecule has 19 heavy (non-hydrogen) atoms. The second-order valence-corrected chi connectivity index (χ2v) is 6.60. The molecule has 1 N–H and O–H groups in total. The van der Waals surface area contributed by atoms with E-state index in [4.69, 9.17) is 4.98 Å². The zero-order chi connectivity index (χ0) is 13.2. The minimum atomic E-state index is 0.608. The van der Waals surface area contributed by atoms with Crippen LogP contribution >= 0.6 is 11.3 Å². The number of hydrogen-bond donors (Lipinski definition) is 1. The van der Waals surface area contributed by atoms with E-state index in [1.54, 1.807) is 0 Å². The average Bonchev–Trinajstić information content (AvgIpc) is 2.83. The summed E-state index contributed by atoms with van der Waals surface area (Å²) in [5, 5.41) is 4.78. The summed E-state index contributed by atoms with van der Waals surface area (Å²) < 4.78 is 0. The molecule has 1 aliphatic rings. The predicted octanol–water partition coefficient (Wildman–Crippen LogP) is 3.89. The van der Waals surface area contributed by atoms with Gasteiger partial charge in [-0.1, -0.05) is 29.8 Å². The lowest BCUT2D eigenvalue weighted by Gasteiger charge is -2.20. The zero-order valence-electron chi connectivity index (χ0n) is 11.6. The number of nitrogens with one attached hydrogen (secondary N) is 1. The van der Waals surface area contributed by atoms with Gasteiger partial charge in [0.2, 0.25) is 0 Å². The van der Waals surface area contributed by atoms with Crippen molar-refractivity contribution in [3.8, 4) is 11.3 Å². The summed E-state index contributed by atoms with van der Waals surface area (Å²) in [6.07, 6.45) is 2.54. The van der Waals surface area contributed by atoms with Crippen molar-refractivity contribution < 1.29 is 0 Å². The van der Waals surface area contributed by atoms with Gasteiger partial charge in [0.25, 0.3) is 0 Å². The fourth-order valence-corrected chi connectivity index (χ4v) is 3.71. The van der Waals surface area contributed by atoms with Gasteiger partial charge in [0.15, 0.2) is 0 Å². The highest BCUT2D eigenvalue weighted by Gasteiger charge is 2.20. The Kier molecular flexibility index (Phi) is 3.67. The number of aryl methyl sites for hydroxylation is 2. The Labute approximate surface area is 118 Å². The highest BCUT2D eigenvalue weighted by molar-refractivity contribution is 7.12. The van der Waals surface area contributed by atoms with E-state index >= 15 is 0 Å². The van der Waals surface area contributed by atoms with E-state index < -0.39 is 0 Å². The molecule has 3 heteroatoms. The third kappa shape index (κ3) is 2.72. The van der Waals surface area contributed by atoms with Crippen molar-refractivity contribution in [1.29, 1.82) is 0 Å². The van der Waals surface area contributed by atoms with Crippen molar-refractivity contribution in [3.05, 3.63) is 39.7 Å². The average molecular weight is 272 g/mol. The fraction of sp³-hybridized carbons (Fsp3) is 0.438. The minimum absolute atomic E-state index is 0.608. The summed E-state index contributed by atoms with van der Waals surface area (Å²) in [5.41, 5.74) is 3.72. The molecule has 1 fully saturated rings. The number of hydrogen-bond acceptors (Lipinski definition) is 3. The predicted molar refractivity (Wildman–Crippen MR) is 81.9 cm³/mol. The lowest BCUT2D eigenvalue weighted by atomic mass is 10.0. The molecule has 3 rings (SSSR count). The summed E-state index contributed by atoms with van der Waals surface area (Å²) in [5.74, 6) is 0.608. The van der Waals surface area contributed by atoms with Crippen molar-refractivity contribution in [1.82, 2.24) is 10.3 Å². The standard InChI is InChI=1S/C16H20N2S/c1-11-5-7-13(8-6-11)15-12(2)19-16(18-15)14-4-3-9-17-10-14/h5-8,14,17H,3-4,9-10H2,1-2H3. The number of rotatable bonds is 2. The SMILES string of the molecule is Cc1ccc(-c2nc(C3CCCNC3)sc2C)cc1. The summed E-state index contributed by atoms with van der Waals surface area (Å²) >= 11 is 1.87. The van der Waals surface area contributed by atoms with Crippen LogP contribution < -0.4 is 5.32 Å². The first-order chi connectivity index (χ1) is 9.24. The van der Waals surface area contributed by atoms with Crippen molar-refractivity contribution in [3.63, 3.8) is 0 Å². The van der Waals surface area contributed by atoms with Gasteiger partial charge in [0.1, 0.15) is 0 Å². The monoisotopic (exact) mass is 272 g/mol. The van der Waals surface area contributed by atoms with Gasteiger partial charge >= 0.3 is 0 Å². The third-order valence-corrected chi connectivity index (χ3v) is 4.92. The van der Waals surface area contributed by atoms with Crippen molar-refractivity contribution in [2.75, 3.05) is 13.1 Å². The van der Waals surface area contributed by atoms with Crippen LogP contribution in [-0.4, -0.2) is 18.1 Å². The summed E-state index contributed by atoms with van der Waals surface area (Å²) in [4.78, 5) is 6.25. The highest BCUT2D eigenvalue weighted by Crippen LogP contribution is 2.33. The topological polar surface area (TPSA) is 24.9 Å². The van der Waals surface area contributed by atoms with Crippen LogP contribution in [0.25, 0.3) is 11.3 Å². The van der Waals surface area contributed by atoms with Gasteiger partial charge in [-0.25, -0.2) is 4.98 Å². The molecule has 2 aromatic rings. The van der Waals surface area contributed by atoms with Crippen LogP contribution in [0.4, 0.5) is 0 Å². The maximum absolute atomic E-state index is 4.91. The van der Waals surface area contributed by atoms with E-state index in [9.17, 15) is 0 Å². The van der Waals surface area contributed by atoms with Crippen LogP contribution in [0.2, 0.25) is 0 Å². The van der Waals surface area contributed by atoms with Crippen molar-refractivity contribution >= 4 is 11.3 Å². The molecule has 1 unspecified atom stereocenters. The molecule has 2 heterocycles.